The first-order valence-electron chi connectivity index (χ1n) is 7.41. The van der Waals surface area contributed by atoms with E-state index >= 15 is 0 Å². The van der Waals surface area contributed by atoms with E-state index in [4.69, 9.17) is 4.74 Å². The summed E-state index contributed by atoms with van der Waals surface area (Å²) >= 11 is 3.42. The van der Waals surface area contributed by atoms with Crippen LogP contribution in [0.25, 0.3) is 10.9 Å². The highest BCUT2D eigenvalue weighted by Gasteiger charge is 2.28. The first-order chi connectivity index (χ1) is 11.0. The van der Waals surface area contributed by atoms with E-state index in [2.05, 4.69) is 26.2 Å². The SMILES string of the molecule is O=C(N[C@@H](Cc1c[nH]c2ccc(Br)cc12)C(=O)O)[C@H]1CCOC1. The number of aromatic nitrogens is 1. The van der Waals surface area contributed by atoms with Crippen LogP contribution in [0.3, 0.4) is 0 Å². The van der Waals surface area contributed by atoms with E-state index in [9.17, 15) is 14.7 Å². The van der Waals surface area contributed by atoms with E-state index in [0.717, 1.165) is 20.9 Å². The number of aromatic amines is 1. The lowest BCUT2D eigenvalue weighted by atomic mass is 10.0. The minimum atomic E-state index is -1.04. The molecule has 23 heavy (non-hydrogen) atoms. The maximum absolute atomic E-state index is 12.1. The van der Waals surface area contributed by atoms with Crippen LogP contribution in [-0.2, 0) is 20.7 Å². The zero-order valence-corrected chi connectivity index (χ0v) is 13.9. The summed E-state index contributed by atoms with van der Waals surface area (Å²) < 4.78 is 6.10. The average molecular weight is 381 g/mol. The second-order valence-electron chi connectivity index (χ2n) is 5.67. The standard InChI is InChI=1S/C16H17BrN2O4/c17-11-1-2-13-12(6-11)10(7-18-13)5-14(16(21)22)19-15(20)9-3-4-23-8-9/h1-2,6-7,9,14,18H,3-5,8H2,(H,19,20)(H,21,22)/t9-,14-/m0/s1. The molecule has 0 unspecified atom stereocenters. The van der Waals surface area contributed by atoms with Crippen molar-refractivity contribution in [3.63, 3.8) is 0 Å². The average Bonchev–Trinajstić information content (AvgIpc) is 3.16. The molecule has 0 radical (unpaired) electrons. The van der Waals surface area contributed by atoms with Gasteiger partial charge in [0.05, 0.1) is 12.5 Å². The largest absolute Gasteiger partial charge is 0.480 e. The Hall–Kier alpha value is -1.86. The van der Waals surface area contributed by atoms with Crippen molar-refractivity contribution < 1.29 is 19.4 Å². The number of aliphatic carboxylic acids is 1. The Morgan fingerprint density at radius 3 is 3.00 bits per heavy atom. The van der Waals surface area contributed by atoms with Crippen molar-refractivity contribution >= 4 is 38.7 Å². The molecule has 0 saturated carbocycles. The van der Waals surface area contributed by atoms with Crippen molar-refractivity contribution in [2.75, 3.05) is 13.2 Å². The normalized spacial score (nSPS) is 18.9. The number of carbonyl (C=O) groups is 2. The summed E-state index contributed by atoms with van der Waals surface area (Å²) in [6, 6.07) is 4.82. The van der Waals surface area contributed by atoms with Crippen LogP contribution >= 0.6 is 15.9 Å². The number of nitrogens with one attached hydrogen (secondary N) is 2. The first kappa shape index (κ1) is 16.0. The molecule has 2 atom stereocenters. The van der Waals surface area contributed by atoms with Gasteiger partial charge in [0.1, 0.15) is 6.04 Å². The lowest BCUT2D eigenvalue weighted by molar-refractivity contribution is -0.142. The highest BCUT2D eigenvalue weighted by molar-refractivity contribution is 9.10. The molecule has 0 spiro atoms. The molecular weight excluding hydrogens is 364 g/mol. The lowest BCUT2D eigenvalue weighted by Gasteiger charge is -2.16. The number of rotatable bonds is 5. The zero-order chi connectivity index (χ0) is 16.4. The van der Waals surface area contributed by atoms with Gasteiger partial charge in [-0.3, -0.25) is 4.79 Å². The lowest BCUT2D eigenvalue weighted by Crippen LogP contribution is -2.45. The number of H-pyrrole nitrogens is 1. The minimum absolute atomic E-state index is 0.227. The quantitative estimate of drug-likeness (QED) is 0.740. The summed E-state index contributed by atoms with van der Waals surface area (Å²) in [4.78, 5) is 26.8. The van der Waals surface area contributed by atoms with Gasteiger partial charge in [-0.1, -0.05) is 15.9 Å². The molecule has 3 N–H and O–H groups in total. The van der Waals surface area contributed by atoms with Crippen molar-refractivity contribution in [1.29, 1.82) is 0 Å². The number of halogens is 1. The Morgan fingerprint density at radius 1 is 1.48 bits per heavy atom. The number of hydrogen-bond acceptors (Lipinski definition) is 3. The summed E-state index contributed by atoms with van der Waals surface area (Å²) in [5, 5.41) is 13.0. The summed E-state index contributed by atoms with van der Waals surface area (Å²) in [7, 11) is 0. The molecule has 1 amide bonds. The third-order valence-electron chi connectivity index (χ3n) is 4.07. The van der Waals surface area contributed by atoms with Gasteiger partial charge in [-0.05, 0) is 30.2 Å². The van der Waals surface area contributed by atoms with Crippen LogP contribution < -0.4 is 5.32 Å². The molecule has 1 aliphatic heterocycles. The summed E-state index contributed by atoms with van der Waals surface area (Å²) in [5.41, 5.74) is 1.79. The molecular formula is C16H17BrN2O4. The van der Waals surface area contributed by atoms with Gasteiger partial charge in [0.15, 0.2) is 0 Å². The molecule has 122 valence electrons. The fourth-order valence-corrected chi connectivity index (χ4v) is 3.13. The van der Waals surface area contributed by atoms with Crippen molar-refractivity contribution in [3.05, 3.63) is 34.4 Å². The van der Waals surface area contributed by atoms with Crippen molar-refractivity contribution in [2.45, 2.75) is 18.9 Å². The molecule has 2 aromatic rings. The Balaban J connectivity index is 1.77. The van der Waals surface area contributed by atoms with Gasteiger partial charge in [0.25, 0.3) is 0 Å². The topological polar surface area (TPSA) is 91.4 Å². The highest BCUT2D eigenvalue weighted by atomic mass is 79.9. The molecule has 1 aliphatic rings. The zero-order valence-electron chi connectivity index (χ0n) is 12.3. The van der Waals surface area contributed by atoms with Crippen LogP contribution in [0.15, 0.2) is 28.9 Å². The van der Waals surface area contributed by atoms with Crippen LogP contribution in [-0.4, -0.2) is 41.2 Å². The smallest absolute Gasteiger partial charge is 0.326 e. The van der Waals surface area contributed by atoms with Gasteiger partial charge >= 0.3 is 5.97 Å². The number of ether oxygens (including phenoxy) is 1. The Labute approximate surface area is 141 Å². The number of hydrogen-bond donors (Lipinski definition) is 3. The van der Waals surface area contributed by atoms with Crippen molar-refractivity contribution in [3.8, 4) is 0 Å². The third kappa shape index (κ3) is 3.56. The molecule has 1 fully saturated rings. The van der Waals surface area contributed by atoms with Gasteiger partial charge in [0.2, 0.25) is 5.91 Å². The van der Waals surface area contributed by atoms with Crippen LogP contribution in [0.4, 0.5) is 0 Å². The monoisotopic (exact) mass is 380 g/mol. The number of carboxylic acid groups (broad SMARTS) is 1. The van der Waals surface area contributed by atoms with Gasteiger partial charge in [0, 0.05) is 34.6 Å². The molecule has 0 bridgehead atoms. The van der Waals surface area contributed by atoms with Gasteiger partial charge < -0.3 is 20.1 Å². The Bertz CT molecular complexity index is 737. The summed E-state index contributed by atoms with van der Waals surface area (Å²) in [6.45, 7) is 0.907. The maximum atomic E-state index is 12.1. The molecule has 1 aromatic heterocycles. The fourth-order valence-electron chi connectivity index (χ4n) is 2.77. The predicted molar refractivity (Wildman–Crippen MR) is 88.2 cm³/mol. The first-order valence-corrected chi connectivity index (χ1v) is 8.20. The number of amides is 1. The van der Waals surface area contributed by atoms with E-state index in [1.54, 1.807) is 6.20 Å². The maximum Gasteiger partial charge on any atom is 0.326 e. The molecule has 7 heteroatoms. The Kier molecular flexibility index (Phi) is 4.68. The molecule has 3 rings (SSSR count). The minimum Gasteiger partial charge on any atom is -0.480 e. The fraction of sp³-hybridized carbons (Fsp3) is 0.375. The van der Waals surface area contributed by atoms with E-state index in [1.807, 2.05) is 18.2 Å². The van der Waals surface area contributed by atoms with Crippen LogP contribution in [0.2, 0.25) is 0 Å². The molecule has 1 saturated heterocycles. The van der Waals surface area contributed by atoms with Crippen molar-refractivity contribution in [1.82, 2.24) is 10.3 Å². The summed E-state index contributed by atoms with van der Waals surface area (Å²) in [5.74, 6) is -1.55. The van der Waals surface area contributed by atoms with Gasteiger partial charge in [-0.15, -0.1) is 0 Å². The molecule has 0 aliphatic carbocycles. The number of carboxylic acids is 1. The van der Waals surface area contributed by atoms with Crippen molar-refractivity contribution in [2.24, 2.45) is 5.92 Å². The van der Waals surface area contributed by atoms with E-state index in [1.165, 1.54) is 0 Å². The number of fused-ring (bicyclic) bond motifs is 1. The van der Waals surface area contributed by atoms with Crippen LogP contribution in [0.1, 0.15) is 12.0 Å². The van der Waals surface area contributed by atoms with E-state index in [-0.39, 0.29) is 18.2 Å². The molecule has 6 nitrogen and oxygen atoms in total. The summed E-state index contributed by atoms with van der Waals surface area (Å²) in [6.07, 6.45) is 2.65. The second kappa shape index (κ2) is 6.72. The highest BCUT2D eigenvalue weighted by Crippen LogP contribution is 2.24. The van der Waals surface area contributed by atoms with E-state index < -0.39 is 12.0 Å². The van der Waals surface area contributed by atoms with Gasteiger partial charge in [-0.2, -0.15) is 0 Å². The number of carbonyl (C=O) groups excluding carboxylic acids is 1. The van der Waals surface area contributed by atoms with Gasteiger partial charge in [-0.25, -0.2) is 4.79 Å². The van der Waals surface area contributed by atoms with E-state index in [0.29, 0.717) is 19.6 Å². The number of benzene rings is 1. The second-order valence-corrected chi connectivity index (χ2v) is 6.58. The molecule has 1 aromatic carbocycles. The third-order valence-corrected chi connectivity index (χ3v) is 4.56. The van der Waals surface area contributed by atoms with Crippen LogP contribution in [0.5, 0.6) is 0 Å². The Morgan fingerprint density at radius 2 is 2.30 bits per heavy atom. The predicted octanol–water partition coefficient (Wildman–Crippen LogP) is 2.08. The molecule has 2 heterocycles. The van der Waals surface area contributed by atoms with Crippen LogP contribution in [0, 0.1) is 5.92 Å².